The van der Waals surface area contributed by atoms with Crippen LogP contribution < -0.4 is 0 Å². The van der Waals surface area contributed by atoms with E-state index in [0.29, 0.717) is 0 Å². The van der Waals surface area contributed by atoms with Crippen molar-refractivity contribution in [3.8, 4) is 44.5 Å². The molecule has 2 radical (unpaired) electrons. The van der Waals surface area contributed by atoms with Gasteiger partial charge < -0.3 is 14.9 Å². The van der Waals surface area contributed by atoms with Crippen LogP contribution in [0.15, 0.2) is 194 Å². The van der Waals surface area contributed by atoms with E-state index in [-0.39, 0.29) is 39.7 Å². The van der Waals surface area contributed by atoms with E-state index in [4.69, 9.17) is 0 Å². The Morgan fingerprint density at radius 1 is 0.393 bits per heavy atom. The van der Waals surface area contributed by atoms with Gasteiger partial charge in [-0.1, -0.05) is 144 Å². The predicted molar refractivity (Wildman–Crippen MR) is 245 cm³/mol. The average Bonchev–Trinajstić information content (AvgIpc) is 3.88. The molecule has 0 amide bonds. The maximum Gasteiger partial charge on any atom is 0.0702 e. The van der Waals surface area contributed by atoms with E-state index in [1.54, 1.807) is 0 Å². The maximum atomic E-state index is 4.63. The molecule has 0 aliphatic carbocycles. The van der Waals surface area contributed by atoms with Gasteiger partial charge in [0.25, 0.3) is 0 Å². The van der Waals surface area contributed by atoms with E-state index < -0.39 is 0 Å². The summed E-state index contributed by atoms with van der Waals surface area (Å²) < 4.78 is 0. The van der Waals surface area contributed by atoms with Crippen LogP contribution in [0.1, 0.15) is 0 Å². The molecule has 0 fully saturated rings. The number of pyridine rings is 2. The van der Waals surface area contributed by atoms with Crippen molar-refractivity contribution in [2.24, 2.45) is 0 Å². The summed E-state index contributed by atoms with van der Waals surface area (Å²) in [6, 6.07) is 64.1. The number of nitrogens with zero attached hydrogens (tertiary/aromatic N) is 2. The third-order valence-electron chi connectivity index (χ3n) is 9.52. The van der Waals surface area contributed by atoms with Crippen LogP contribution in [0, 0.1) is 14.9 Å². The second-order valence-corrected chi connectivity index (χ2v) is 12.7. The van der Waals surface area contributed by atoms with Crippen molar-refractivity contribution in [2.75, 3.05) is 0 Å². The molecular formula is C50H40Cl2N2SiZr-4. The summed E-state index contributed by atoms with van der Waals surface area (Å²) in [6.45, 7) is 3.06. The minimum atomic E-state index is 0. The standard InChI is InChI=1S/2C24H16N.2CH3.2ClH.Si.Zr/c2*1-2-7-17(8-3-1)20-13-18-10-6-11-22(23(18)15-20)21-14-19-9-4-5-12-24(19)25-16-21;;;;;;/h2*1-16H;2*1H3;2*1H;;/q4*-1;;;;. The first-order valence-electron chi connectivity index (χ1n) is 17.2. The van der Waals surface area contributed by atoms with Crippen LogP contribution in [-0.2, 0) is 23.3 Å². The summed E-state index contributed by atoms with van der Waals surface area (Å²) in [4.78, 5) is 9.26. The van der Waals surface area contributed by atoms with Gasteiger partial charge in [0.2, 0.25) is 0 Å². The van der Waals surface area contributed by atoms with Crippen LogP contribution in [0.2, 0.25) is 0 Å². The number of halogens is 2. The van der Waals surface area contributed by atoms with Crippen LogP contribution >= 0.6 is 24.8 Å². The van der Waals surface area contributed by atoms with Gasteiger partial charge >= 0.3 is 30.2 Å². The second-order valence-electron chi connectivity index (χ2n) is 12.7. The molecule has 6 heteroatoms. The Bertz CT molecular complexity index is 2600. The van der Waals surface area contributed by atoms with E-state index in [1.807, 2.05) is 24.5 Å². The predicted octanol–water partition coefficient (Wildman–Crippen LogP) is 14.2. The van der Waals surface area contributed by atoms with Crippen molar-refractivity contribution in [3.63, 3.8) is 0 Å². The Kier molecular flexibility index (Phi) is 15.8. The van der Waals surface area contributed by atoms with Crippen molar-refractivity contribution in [3.05, 3.63) is 209 Å². The molecular weight excluding hydrogens is 819 g/mol. The molecule has 10 aromatic rings. The van der Waals surface area contributed by atoms with E-state index in [0.717, 1.165) is 22.2 Å². The van der Waals surface area contributed by atoms with E-state index in [1.165, 1.54) is 89.0 Å². The van der Waals surface area contributed by atoms with Gasteiger partial charge in [-0.15, -0.1) is 93.9 Å². The normalized spacial score (nSPS) is 10.1. The van der Waals surface area contributed by atoms with Gasteiger partial charge in [-0.05, 0) is 35.4 Å². The molecule has 0 bridgehead atoms. The molecule has 0 aliphatic heterocycles. The molecule has 2 nitrogen and oxygen atoms in total. The van der Waals surface area contributed by atoms with E-state index >= 15 is 0 Å². The van der Waals surface area contributed by atoms with Crippen LogP contribution in [0.4, 0.5) is 0 Å². The number of aromatic nitrogens is 2. The molecule has 0 saturated heterocycles. The summed E-state index contributed by atoms with van der Waals surface area (Å²) in [5.41, 5.74) is 11.9. The van der Waals surface area contributed by atoms with Gasteiger partial charge in [0.1, 0.15) is 0 Å². The van der Waals surface area contributed by atoms with Gasteiger partial charge in [0.15, 0.2) is 0 Å². The third kappa shape index (κ3) is 9.18. The van der Waals surface area contributed by atoms with Gasteiger partial charge in [0, 0.05) is 23.2 Å². The van der Waals surface area contributed by atoms with Crippen molar-refractivity contribution in [1.29, 1.82) is 0 Å². The van der Waals surface area contributed by atoms with Crippen molar-refractivity contribution in [2.45, 2.75) is 0 Å². The van der Waals surface area contributed by atoms with Crippen molar-refractivity contribution in [1.82, 2.24) is 9.97 Å². The van der Waals surface area contributed by atoms with Gasteiger partial charge in [-0.2, -0.15) is 0 Å². The number of hydrogen-bond donors (Lipinski definition) is 0. The molecule has 0 saturated carbocycles. The van der Waals surface area contributed by atoms with Crippen LogP contribution in [0.3, 0.4) is 0 Å². The van der Waals surface area contributed by atoms with Crippen LogP contribution in [-0.4, -0.2) is 16.8 Å². The number of para-hydroxylation sites is 2. The molecule has 0 aliphatic rings. The summed E-state index contributed by atoms with van der Waals surface area (Å²) >= 11 is 1.36. The topological polar surface area (TPSA) is 25.8 Å². The van der Waals surface area contributed by atoms with Gasteiger partial charge in [-0.25, -0.2) is 0 Å². The van der Waals surface area contributed by atoms with Crippen LogP contribution in [0.5, 0.6) is 0 Å². The molecule has 0 spiro atoms. The monoisotopic (exact) mass is 856 g/mol. The summed E-state index contributed by atoms with van der Waals surface area (Å²) in [7, 11) is 0. The summed E-state index contributed by atoms with van der Waals surface area (Å²) in [6.07, 6.45) is 3.96. The SMILES string of the molecule is Cl.Cl.[CH3-].[CH3-].[Si]=[Zr].c1ccc(-c2cc3c(-c4cnc5ccccc5c4)cccc3[cH-]2)cc1.c1ccc(-c2cc3c(-c4cnc5ccccc5c4)cccc3[cH-]2)cc1. The number of rotatable bonds is 4. The van der Waals surface area contributed by atoms with Gasteiger partial charge in [0.05, 0.1) is 11.0 Å². The minimum Gasteiger partial charge on any atom is -0.256 e. The van der Waals surface area contributed by atoms with Crippen molar-refractivity contribution < 1.29 is 23.3 Å². The Morgan fingerprint density at radius 2 is 0.768 bits per heavy atom. The minimum absolute atomic E-state index is 0. The molecule has 2 heterocycles. The zero-order valence-corrected chi connectivity index (χ0v) is 36.3. The zero-order valence-electron chi connectivity index (χ0n) is 31.2. The first-order valence-corrected chi connectivity index (χ1v) is 21.4. The zero-order chi connectivity index (χ0) is 35.3. The Balaban J connectivity index is 0.000000223. The Labute approximate surface area is 359 Å². The first-order chi connectivity index (χ1) is 25.8. The summed E-state index contributed by atoms with van der Waals surface area (Å²) in [5.74, 6) is 0. The quantitative estimate of drug-likeness (QED) is 0.130. The fourth-order valence-electron chi connectivity index (χ4n) is 7.00. The van der Waals surface area contributed by atoms with Crippen molar-refractivity contribution >= 4 is 75.0 Å². The first kappa shape index (κ1) is 43.8. The molecule has 56 heavy (non-hydrogen) atoms. The smallest absolute Gasteiger partial charge is 0.0702 e. The fourth-order valence-corrected chi connectivity index (χ4v) is 7.00. The molecule has 2 aromatic heterocycles. The van der Waals surface area contributed by atoms with Gasteiger partial charge in [-0.3, -0.25) is 9.97 Å². The summed E-state index contributed by atoms with van der Waals surface area (Å²) in [5, 5.41) is 7.43. The van der Waals surface area contributed by atoms with E-state index in [2.05, 4.69) is 187 Å². The fraction of sp³-hybridized carbons (Fsp3) is 0. The molecule has 0 atom stereocenters. The average molecular weight is 859 g/mol. The number of benzene rings is 6. The Hall–Kier alpha value is -4.96. The second kappa shape index (κ2) is 20.3. The molecule has 276 valence electrons. The third-order valence-corrected chi connectivity index (χ3v) is 9.52. The largest absolute Gasteiger partial charge is 0.256 e. The maximum absolute atomic E-state index is 4.63. The molecule has 10 rings (SSSR count). The molecule has 0 unspecified atom stereocenters. The van der Waals surface area contributed by atoms with E-state index in [9.17, 15) is 0 Å². The molecule has 8 aromatic carbocycles. The number of fused-ring (bicyclic) bond motifs is 4. The Morgan fingerprint density at radius 3 is 1.18 bits per heavy atom. The number of hydrogen-bond acceptors (Lipinski definition) is 2. The van der Waals surface area contributed by atoms with Crippen LogP contribution in [0.25, 0.3) is 87.9 Å². The molecule has 0 N–H and O–H groups in total.